The van der Waals surface area contributed by atoms with Crippen LogP contribution in [0.1, 0.15) is 36.1 Å². The van der Waals surface area contributed by atoms with Crippen molar-refractivity contribution < 1.29 is 23.4 Å². The number of aliphatic hydroxyl groups is 2. The number of aromatic nitrogens is 2. The maximum atomic E-state index is 14.1. The summed E-state index contributed by atoms with van der Waals surface area (Å²) in [6.45, 7) is 3.54. The lowest BCUT2D eigenvalue weighted by Crippen LogP contribution is -2.41. The van der Waals surface area contributed by atoms with Crippen molar-refractivity contribution in [3.63, 3.8) is 0 Å². The second-order valence-electron chi connectivity index (χ2n) is 7.44. The first kappa shape index (κ1) is 19.7. The van der Waals surface area contributed by atoms with Crippen LogP contribution in [0.3, 0.4) is 0 Å². The summed E-state index contributed by atoms with van der Waals surface area (Å²) in [5.74, 6) is 0. The average molecular weight is 402 g/mol. The minimum Gasteiger partial charge on any atom is -0.394 e. The van der Waals surface area contributed by atoms with Crippen LogP contribution in [0.5, 0.6) is 0 Å². The molecule has 7 heteroatoms. The van der Waals surface area contributed by atoms with Gasteiger partial charge in [-0.3, -0.25) is 4.68 Å². The average Bonchev–Trinajstić information content (AvgIpc) is 3.25. The molecule has 1 aliphatic carbocycles. The lowest BCUT2D eigenvalue weighted by atomic mass is 9.88. The molecule has 0 spiro atoms. The van der Waals surface area contributed by atoms with Gasteiger partial charge in [-0.1, -0.05) is 48.9 Å². The van der Waals surface area contributed by atoms with Gasteiger partial charge in [0.15, 0.2) is 0 Å². The molecule has 1 aromatic heterocycles. The van der Waals surface area contributed by atoms with Crippen LogP contribution in [0.2, 0.25) is 0 Å². The number of aryl methyl sites for hydroxylation is 1. The summed E-state index contributed by atoms with van der Waals surface area (Å²) in [4.78, 5) is 0. The fraction of sp³-hybridized carbons (Fsp3) is 0.318. The fourth-order valence-electron chi connectivity index (χ4n) is 4.13. The van der Waals surface area contributed by atoms with Crippen molar-refractivity contribution in [3.8, 4) is 22.3 Å². The van der Waals surface area contributed by atoms with E-state index >= 15 is 0 Å². The molecule has 0 aliphatic heterocycles. The Kier molecular flexibility index (Phi) is 4.55. The summed E-state index contributed by atoms with van der Waals surface area (Å²) >= 11 is 0. The van der Waals surface area contributed by atoms with Crippen LogP contribution >= 0.6 is 0 Å². The van der Waals surface area contributed by atoms with E-state index in [-0.39, 0.29) is 23.8 Å². The number of benzene rings is 2. The number of nitrogens with zero attached hydrogens (tertiary/aromatic N) is 2. The van der Waals surface area contributed by atoms with Gasteiger partial charge in [0.2, 0.25) is 5.60 Å². The van der Waals surface area contributed by atoms with E-state index in [9.17, 15) is 23.4 Å². The summed E-state index contributed by atoms with van der Waals surface area (Å²) in [5, 5.41) is 24.7. The van der Waals surface area contributed by atoms with E-state index in [1.807, 2.05) is 6.92 Å². The van der Waals surface area contributed by atoms with Gasteiger partial charge in [0.25, 0.3) is 0 Å². The van der Waals surface area contributed by atoms with Crippen molar-refractivity contribution in [1.29, 1.82) is 0 Å². The van der Waals surface area contributed by atoms with Crippen molar-refractivity contribution in [2.75, 3.05) is 6.61 Å². The van der Waals surface area contributed by atoms with E-state index in [1.54, 1.807) is 42.2 Å². The third kappa shape index (κ3) is 2.80. The number of rotatable bonds is 4. The molecule has 0 saturated carbocycles. The van der Waals surface area contributed by atoms with Crippen molar-refractivity contribution in [2.24, 2.45) is 0 Å². The van der Waals surface area contributed by atoms with Gasteiger partial charge in [-0.2, -0.15) is 18.3 Å². The molecule has 2 atom stereocenters. The predicted molar refractivity (Wildman–Crippen MR) is 103 cm³/mol. The minimum atomic E-state index is -4.87. The molecule has 4 rings (SSSR count). The van der Waals surface area contributed by atoms with Crippen LogP contribution in [-0.4, -0.2) is 32.8 Å². The Hall–Kier alpha value is -2.64. The molecule has 29 heavy (non-hydrogen) atoms. The summed E-state index contributed by atoms with van der Waals surface area (Å²) in [7, 11) is 0. The SMILES string of the molecule is CCC(CO)n1cc(-c2cc(C)cc3c2-c2ccccc2C3(O)C(F)(F)F)cn1. The van der Waals surface area contributed by atoms with Gasteiger partial charge in [0.05, 0.1) is 18.8 Å². The zero-order valence-corrected chi connectivity index (χ0v) is 16.0. The summed E-state index contributed by atoms with van der Waals surface area (Å²) in [5.41, 5.74) is -0.846. The Balaban J connectivity index is 2.00. The smallest absolute Gasteiger partial charge is 0.394 e. The first-order chi connectivity index (χ1) is 13.7. The highest BCUT2D eigenvalue weighted by atomic mass is 19.4. The van der Waals surface area contributed by atoms with Crippen molar-refractivity contribution in [3.05, 3.63) is 65.5 Å². The molecule has 1 aliphatic rings. The van der Waals surface area contributed by atoms with Crippen molar-refractivity contribution in [1.82, 2.24) is 9.78 Å². The molecule has 1 heterocycles. The molecular formula is C22H21F3N2O2. The highest BCUT2D eigenvalue weighted by Crippen LogP contribution is 2.57. The monoisotopic (exact) mass is 402 g/mol. The highest BCUT2D eigenvalue weighted by Gasteiger charge is 2.61. The van der Waals surface area contributed by atoms with Gasteiger partial charge in [0.1, 0.15) is 0 Å². The van der Waals surface area contributed by atoms with E-state index in [0.29, 0.717) is 34.2 Å². The maximum Gasteiger partial charge on any atom is 0.425 e. The van der Waals surface area contributed by atoms with E-state index in [2.05, 4.69) is 5.10 Å². The Morgan fingerprint density at radius 2 is 1.86 bits per heavy atom. The highest BCUT2D eigenvalue weighted by molar-refractivity contribution is 5.92. The number of aliphatic hydroxyl groups excluding tert-OH is 1. The Morgan fingerprint density at radius 3 is 2.52 bits per heavy atom. The molecule has 2 aromatic carbocycles. The van der Waals surface area contributed by atoms with Crippen LogP contribution in [0.15, 0.2) is 48.8 Å². The first-order valence-electron chi connectivity index (χ1n) is 9.41. The lowest BCUT2D eigenvalue weighted by Gasteiger charge is -2.28. The second-order valence-corrected chi connectivity index (χ2v) is 7.44. The zero-order valence-electron chi connectivity index (χ0n) is 16.0. The fourth-order valence-corrected chi connectivity index (χ4v) is 4.13. The van der Waals surface area contributed by atoms with Gasteiger partial charge in [-0.25, -0.2) is 0 Å². The topological polar surface area (TPSA) is 58.3 Å². The summed E-state index contributed by atoms with van der Waals surface area (Å²) in [6, 6.07) is 9.09. The largest absolute Gasteiger partial charge is 0.425 e. The third-order valence-electron chi connectivity index (χ3n) is 5.64. The van der Waals surface area contributed by atoms with E-state index in [0.717, 1.165) is 0 Å². The molecule has 2 unspecified atom stereocenters. The number of fused-ring (bicyclic) bond motifs is 3. The van der Waals surface area contributed by atoms with E-state index in [1.165, 1.54) is 18.2 Å². The zero-order chi connectivity index (χ0) is 21.0. The quantitative estimate of drug-likeness (QED) is 0.672. The molecule has 0 amide bonds. The second kappa shape index (κ2) is 6.71. The van der Waals surface area contributed by atoms with Crippen molar-refractivity contribution >= 4 is 0 Å². The van der Waals surface area contributed by atoms with E-state index in [4.69, 9.17) is 0 Å². The molecule has 0 bridgehead atoms. The van der Waals surface area contributed by atoms with Crippen LogP contribution < -0.4 is 0 Å². The number of halogens is 3. The van der Waals surface area contributed by atoms with Gasteiger partial charge in [-0.15, -0.1) is 0 Å². The molecule has 4 nitrogen and oxygen atoms in total. The Morgan fingerprint density at radius 1 is 1.14 bits per heavy atom. The van der Waals surface area contributed by atoms with Crippen LogP contribution in [0, 0.1) is 6.92 Å². The first-order valence-corrected chi connectivity index (χ1v) is 9.41. The molecule has 2 N–H and O–H groups in total. The van der Waals surface area contributed by atoms with Crippen molar-refractivity contribution in [2.45, 2.75) is 38.1 Å². The lowest BCUT2D eigenvalue weighted by molar-refractivity contribution is -0.246. The molecule has 0 fully saturated rings. The number of alkyl halides is 3. The van der Waals surface area contributed by atoms with E-state index < -0.39 is 11.8 Å². The van der Waals surface area contributed by atoms with Gasteiger partial charge >= 0.3 is 6.18 Å². The molecule has 152 valence electrons. The normalized spacial score (nSPS) is 19.1. The minimum absolute atomic E-state index is 0.0831. The molecular weight excluding hydrogens is 381 g/mol. The van der Waals surface area contributed by atoms with Gasteiger partial charge < -0.3 is 10.2 Å². The third-order valence-corrected chi connectivity index (χ3v) is 5.64. The molecule has 0 radical (unpaired) electrons. The Bertz CT molecular complexity index is 1070. The molecule has 0 saturated heterocycles. The standard InChI is InChI=1S/C22H21F3N2O2/c1-3-15(12-28)27-11-14(10-26-27)17-8-13(2)9-19-20(17)16-6-4-5-7-18(16)21(19,29)22(23,24)25/h4-11,15,28-29H,3,12H2,1-2H3. The van der Waals surface area contributed by atoms with Gasteiger partial charge in [0, 0.05) is 22.9 Å². The number of hydrogen-bond donors (Lipinski definition) is 2. The predicted octanol–water partition coefficient (Wildman–Crippen LogP) is 4.58. The van der Waals surface area contributed by atoms with Crippen LogP contribution in [0.4, 0.5) is 13.2 Å². The van der Waals surface area contributed by atoms with Crippen LogP contribution in [0.25, 0.3) is 22.3 Å². The summed E-state index contributed by atoms with van der Waals surface area (Å²) < 4.78 is 43.9. The number of hydrogen-bond acceptors (Lipinski definition) is 3. The summed E-state index contributed by atoms with van der Waals surface area (Å²) in [6.07, 6.45) is -0.887. The molecule has 3 aromatic rings. The maximum absolute atomic E-state index is 14.1. The van der Waals surface area contributed by atoms with Crippen LogP contribution in [-0.2, 0) is 5.60 Å². The Labute approximate surface area is 166 Å². The van der Waals surface area contributed by atoms with Gasteiger partial charge in [-0.05, 0) is 30.0 Å².